The predicted octanol–water partition coefficient (Wildman–Crippen LogP) is 4.48. The number of benzene rings is 1. The van der Waals surface area contributed by atoms with E-state index >= 15 is 0 Å². The minimum Gasteiger partial charge on any atom is -0.480 e. The highest BCUT2D eigenvalue weighted by Gasteiger charge is 2.44. The van der Waals surface area contributed by atoms with Gasteiger partial charge >= 0.3 is 12.1 Å². The van der Waals surface area contributed by atoms with Crippen molar-refractivity contribution in [2.75, 3.05) is 17.2 Å². The van der Waals surface area contributed by atoms with E-state index in [9.17, 15) is 23.1 Å². The average molecular weight is 433 g/mol. The van der Waals surface area contributed by atoms with Crippen molar-refractivity contribution in [1.29, 1.82) is 0 Å². The Bertz CT molecular complexity index is 1020. The number of carboxylic acids is 1. The number of aliphatic carboxylic acids is 1. The van der Waals surface area contributed by atoms with Crippen molar-refractivity contribution in [3.8, 4) is 0 Å². The molecule has 1 saturated heterocycles. The first-order valence-corrected chi connectivity index (χ1v) is 10.4. The molecule has 1 aliphatic carbocycles. The van der Waals surface area contributed by atoms with E-state index in [1.807, 2.05) is 23.1 Å². The van der Waals surface area contributed by atoms with Crippen LogP contribution in [0.5, 0.6) is 0 Å². The first kappa shape index (κ1) is 20.0. The summed E-state index contributed by atoms with van der Waals surface area (Å²) in [6, 6.07) is 5.85. The molecule has 5 rings (SSSR count). The van der Waals surface area contributed by atoms with E-state index in [4.69, 9.17) is 0 Å². The van der Waals surface area contributed by atoms with Crippen LogP contribution in [-0.2, 0) is 11.0 Å². The van der Waals surface area contributed by atoms with Gasteiger partial charge in [-0.05, 0) is 55.4 Å². The number of nitrogens with zero attached hydrogens (tertiary/aromatic N) is 3. The number of nitrogens with one attached hydrogen (secondary N) is 2. The lowest BCUT2D eigenvalue weighted by atomic mass is 9.91. The molecular formula is C21H22F3N5O2. The molecule has 2 bridgehead atoms. The summed E-state index contributed by atoms with van der Waals surface area (Å²) in [5.41, 5.74) is 1.96. The first-order chi connectivity index (χ1) is 14.8. The lowest BCUT2D eigenvalue weighted by Crippen LogP contribution is -2.29. The summed E-state index contributed by atoms with van der Waals surface area (Å²) in [6.45, 7) is -0.00894. The highest BCUT2D eigenvalue weighted by Crippen LogP contribution is 2.53. The first-order valence-electron chi connectivity index (χ1n) is 10.4. The lowest BCUT2D eigenvalue weighted by molar-refractivity contribution is -0.139. The third-order valence-electron chi connectivity index (χ3n) is 6.43. The molecule has 2 atom stereocenters. The van der Waals surface area contributed by atoms with Gasteiger partial charge in [0.25, 0.3) is 0 Å². The van der Waals surface area contributed by atoms with Gasteiger partial charge in [-0.15, -0.1) is 0 Å². The molecule has 1 aromatic heterocycles. The number of aromatic nitrogens is 2. The fraction of sp³-hybridized carbons (Fsp3) is 0.476. The molecule has 0 amide bonds. The SMILES string of the molecule is O=C(O)CN1[C@@H]2CC[C@H]1c1cc(Nc3ncc(C(F)(F)F)c(NC4CCC4)n3)ccc12. The van der Waals surface area contributed by atoms with Crippen molar-refractivity contribution in [3.05, 3.63) is 41.1 Å². The van der Waals surface area contributed by atoms with Crippen molar-refractivity contribution in [3.63, 3.8) is 0 Å². The van der Waals surface area contributed by atoms with Crippen LogP contribution < -0.4 is 10.6 Å². The van der Waals surface area contributed by atoms with Crippen molar-refractivity contribution < 1.29 is 23.1 Å². The second-order valence-corrected chi connectivity index (χ2v) is 8.37. The molecule has 3 N–H and O–H groups in total. The van der Waals surface area contributed by atoms with Gasteiger partial charge in [0.15, 0.2) is 0 Å². The van der Waals surface area contributed by atoms with Crippen LogP contribution in [0.25, 0.3) is 0 Å². The molecule has 2 fully saturated rings. The monoisotopic (exact) mass is 433 g/mol. The van der Waals surface area contributed by atoms with Crippen LogP contribution in [0.4, 0.5) is 30.6 Å². The van der Waals surface area contributed by atoms with E-state index in [2.05, 4.69) is 20.6 Å². The number of hydrogen-bond donors (Lipinski definition) is 3. The Morgan fingerprint density at radius 1 is 1.16 bits per heavy atom. The molecule has 2 aromatic rings. The van der Waals surface area contributed by atoms with Crippen LogP contribution in [0.1, 0.15) is 60.9 Å². The zero-order valence-electron chi connectivity index (χ0n) is 16.6. The van der Waals surface area contributed by atoms with Gasteiger partial charge in [0.1, 0.15) is 11.4 Å². The van der Waals surface area contributed by atoms with Crippen molar-refractivity contribution in [1.82, 2.24) is 14.9 Å². The van der Waals surface area contributed by atoms with Crippen molar-refractivity contribution in [2.24, 2.45) is 0 Å². The number of halogens is 3. The van der Waals surface area contributed by atoms with Crippen LogP contribution in [0.3, 0.4) is 0 Å². The summed E-state index contributed by atoms with van der Waals surface area (Å²) >= 11 is 0. The number of carbonyl (C=O) groups is 1. The molecule has 164 valence electrons. The number of hydrogen-bond acceptors (Lipinski definition) is 6. The van der Waals surface area contributed by atoms with Crippen LogP contribution >= 0.6 is 0 Å². The summed E-state index contributed by atoms with van der Waals surface area (Å²) in [5, 5.41) is 15.1. The van der Waals surface area contributed by atoms with E-state index < -0.39 is 17.7 Å². The zero-order valence-corrected chi connectivity index (χ0v) is 16.6. The molecule has 10 heteroatoms. The minimum atomic E-state index is -4.54. The summed E-state index contributed by atoms with van der Waals surface area (Å²) < 4.78 is 40.1. The lowest BCUT2D eigenvalue weighted by Gasteiger charge is -2.28. The summed E-state index contributed by atoms with van der Waals surface area (Å²) in [7, 11) is 0. The van der Waals surface area contributed by atoms with Crippen molar-refractivity contribution >= 4 is 23.4 Å². The van der Waals surface area contributed by atoms with E-state index in [0.29, 0.717) is 5.69 Å². The van der Waals surface area contributed by atoms with E-state index in [1.54, 1.807) is 0 Å². The quantitative estimate of drug-likeness (QED) is 0.619. The summed E-state index contributed by atoms with van der Waals surface area (Å²) in [6.07, 6.45) is 0.724. The second-order valence-electron chi connectivity index (χ2n) is 8.37. The molecule has 3 aliphatic rings. The molecular weight excluding hydrogens is 411 g/mol. The molecule has 0 unspecified atom stereocenters. The van der Waals surface area contributed by atoms with Crippen LogP contribution in [0, 0.1) is 0 Å². The van der Waals surface area contributed by atoms with Gasteiger partial charge in [0.2, 0.25) is 5.95 Å². The smallest absolute Gasteiger partial charge is 0.421 e. The minimum absolute atomic E-state index is 0.000359. The number of fused-ring (bicyclic) bond motifs is 5. The Labute approximate surface area is 176 Å². The van der Waals surface area contributed by atoms with Crippen LogP contribution in [0.2, 0.25) is 0 Å². The second kappa shape index (κ2) is 7.37. The van der Waals surface area contributed by atoms with Gasteiger partial charge in [-0.3, -0.25) is 9.69 Å². The third kappa shape index (κ3) is 3.69. The number of anilines is 3. The van der Waals surface area contributed by atoms with E-state index in [-0.39, 0.29) is 36.4 Å². The number of rotatable bonds is 6. The standard InChI is InChI=1S/C21H22F3N5O2/c22-21(23,24)15-9-25-20(28-19(15)26-11-2-1-3-11)27-12-4-5-13-14(8-12)17-7-6-16(13)29(17)10-18(30)31/h4-5,8-9,11,16-17H,1-3,6-7,10H2,(H,30,31)(H2,25,26,27,28)/t16-,17+/m1/s1. The Hall–Kier alpha value is -2.88. The topological polar surface area (TPSA) is 90.4 Å². The Morgan fingerprint density at radius 2 is 1.90 bits per heavy atom. The molecule has 1 aromatic carbocycles. The summed E-state index contributed by atoms with van der Waals surface area (Å²) in [5.74, 6) is -0.976. The van der Waals surface area contributed by atoms with Gasteiger partial charge in [-0.1, -0.05) is 6.07 Å². The third-order valence-corrected chi connectivity index (χ3v) is 6.43. The Kier molecular flexibility index (Phi) is 4.76. The van der Waals surface area contributed by atoms with Gasteiger partial charge < -0.3 is 15.7 Å². The zero-order chi connectivity index (χ0) is 21.8. The molecule has 3 heterocycles. The van der Waals surface area contributed by atoms with E-state index in [0.717, 1.165) is 49.4 Å². The number of carboxylic acid groups (broad SMARTS) is 1. The van der Waals surface area contributed by atoms with Crippen LogP contribution in [0.15, 0.2) is 24.4 Å². The van der Waals surface area contributed by atoms with Gasteiger partial charge in [-0.25, -0.2) is 4.98 Å². The van der Waals surface area contributed by atoms with Crippen molar-refractivity contribution in [2.45, 2.75) is 56.4 Å². The molecule has 31 heavy (non-hydrogen) atoms. The fourth-order valence-corrected chi connectivity index (χ4v) is 4.79. The van der Waals surface area contributed by atoms with E-state index in [1.165, 1.54) is 0 Å². The maximum absolute atomic E-state index is 13.4. The Balaban J connectivity index is 1.39. The highest BCUT2D eigenvalue weighted by atomic mass is 19.4. The maximum Gasteiger partial charge on any atom is 0.421 e. The van der Waals surface area contributed by atoms with Gasteiger partial charge in [0.05, 0.1) is 6.54 Å². The molecule has 0 spiro atoms. The normalized spacial score (nSPS) is 22.8. The fourth-order valence-electron chi connectivity index (χ4n) is 4.79. The molecule has 7 nitrogen and oxygen atoms in total. The molecule has 1 saturated carbocycles. The Morgan fingerprint density at radius 3 is 2.55 bits per heavy atom. The van der Waals surface area contributed by atoms with Gasteiger partial charge in [0, 0.05) is 30.0 Å². The van der Waals surface area contributed by atoms with Gasteiger partial charge in [-0.2, -0.15) is 18.2 Å². The number of alkyl halides is 3. The average Bonchev–Trinajstić information content (AvgIpc) is 3.18. The molecule has 0 radical (unpaired) electrons. The van der Waals surface area contributed by atoms with Crippen LogP contribution in [-0.4, -0.2) is 38.5 Å². The summed E-state index contributed by atoms with van der Waals surface area (Å²) in [4.78, 5) is 21.2. The predicted molar refractivity (Wildman–Crippen MR) is 107 cm³/mol. The highest BCUT2D eigenvalue weighted by molar-refractivity contribution is 5.70. The molecule has 2 aliphatic heterocycles. The maximum atomic E-state index is 13.4. The largest absolute Gasteiger partial charge is 0.480 e.